The van der Waals surface area contributed by atoms with Crippen LogP contribution in [0.4, 0.5) is 0 Å². The maximum absolute atomic E-state index is 11.7. The Kier molecular flexibility index (Phi) is 6.65. The topological polar surface area (TPSA) is 76.7 Å². The summed E-state index contributed by atoms with van der Waals surface area (Å²) in [5.41, 5.74) is 6.73. The van der Waals surface area contributed by atoms with Crippen LogP contribution in [0.2, 0.25) is 5.02 Å². The Morgan fingerprint density at radius 2 is 1.36 bits per heavy atom. The minimum atomic E-state index is -0.491. The number of ether oxygens (including phenoxy) is 2. The summed E-state index contributed by atoms with van der Waals surface area (Å²) in [4.78, 5) is 23.3. The second-order valence-corrected chi connectivity index (χ2v) is 5.81. The van der Waals surface area contributed by atoms with Crippen LogP contribution >= 0.6 is 11.6 Å². The zero-order valence-corrected chi connectivity index (χ0v) is 14.7. The van der Waals surface area contributed by atoms with E-state index < -0.39 is 11.8 Å². The van der Waals surface area contributed by atoms with Crippen LogP contribution in [0.3, 0.4) is 0 Å². The minimum Gasteiger partial charge on any atom is -0.484 e. The van der Waals surface area contributed by atoms with Gasteiger partial charge in [-0.25, -0.2) is 0 Å². The van der Waals surface area contributed by atoms with Gasteiger partial charge >= 0.3 is 0 Å². The van der Waals surface area contributed by atoms with E-state index in [0.717, 1.165) is 11.1 Å². The molecule has 0 atom stereocenters. The fourth-order valence-corrected chi connectivity index (χ4v) is 1.97. The number of rotatable bonds is 6. The van der Waals surface area contributed by atoms with E-state index in [1.54, 1.807) is 30.3 Å². The van der Waals surface area contributed by atoms with Crippen molar-refractivity contribution >= 4 is 23.4 Å². The molecule has 2 rings (SSSR count). The summed E-state index contributed by atoms with van der Waals surface area (Å²) in [7, 11) is 0. The van der Waals surface area contributed by atoms with Crippen molar-refractivity contribution in [1.82, 2.24) is 10.9 Å². The summed E-state index contributed by atoms with van der Waals surface area (Å²) in [6.07, 6.45) is 0. The maximum atomic E-state index is 11.7. The second kappa shape index (κ2) is 8.94. The number of carbonyl (C=O) groups excluding carboxylic acids is 2. The Morgan fingerprint density at radius 3 is 1.92 bits per heavy atom. The Labute approximate surface area is 151 Å². The van der Waals surface area contributed by atoms with E-state index in [0.29, 0.717) is 16.5 Å². The summed E-state index contributed by atoms with van der Waals surface area (Å²) >= 11 is 5.76. The van der Waals surface area contributed by atoms with Crippen LogP contribution in [0.25, 0.3) is 0 Å². The number of carbonyl (C=O) groups is 2. The normalized spacial score (nSPS) is 10.0. The zero-order valence-electron chi connectivity index (χ0n) is 14.0. The molecule has 0 aliphatic rings. The molecule has 0 aliphatic heterocycles. The Morgan fingerprint density at radius 1 is 0.840 bits per heavy atom. The highest BCUT2D eigenvalue weighted by molar-refractivity contribution is 6.30. The molecule has 0 spiro atoms. The zero-order chi connectivity index (χ0) is 18.2. The van der Waals surface area contributed by atoms with Gasteiger partial charge in [-0.05, 0) is 61.4 Å². The van der Waals surface area contributed by atoms with E-state index in [1.165, 1.54) is 0 Å². The van der Waals surface area contributed by atoms with E-state index in [4.69, 9.17) is 21.1 Å². The van der Waals surface area contributed by atoms with E-state index in [2.05, 4.69) is 10.9 Å². The van der Waals surface area contributed by atoms with Crippen molar-refractivity contribution in [2.75, 3.05) is 13.2 Å². The number of hydrazine groups is 1. The molecule has 0 saturated carbocycles. The minimum absolute atomic E-state index is 0.208. The molecular formula is C18H19ClN2O4. The van der Waals surface area contributed by atoms with Gasteiger partial charge in [0.2, 0.25) is 0 Å². The predicted octanol–water partition coefficient (Wildman–Crippen LogP) is 2.56. The monoisotopic (exact) mass is 362 g/mol. The molecule has 25 heavy (non-hydrogen) atoms. The first-order chi connectivity index (χ1) is 11.9. The van der Waals surface area contributed by atoms with Crippen LogP contribution in [0.1, 0.15) is 11.1 Å². The molecule has 2 amide bonds. The number of hydrogen-bond acceptors (Lipinski definition) is 4. The number of hydrogen-bond donors (Lipinski definition) is 2. The molecule has 6 nitrogen and oxygen atoms in total. The van der Waals surface area contributed by atoms with Gasteiger partial charge in [-0.15, -0.1) is 0 Å². The van der Waals surface area contributed by atoms with Crippen molar-refractivity contribution in [2.45, 2.75) is 13.8 Å². The summed E-state index contributed by atoms with van der Waals surface area (Å²) in [5.74, 6) is 0.132. The fraction of sp³-hybridized carbons (Fsp3) is 0.222. The van der Waals surface area contributed by atoms with Crippen LogP contribution in [-0.2, 0) is 9.59 Å². The van der Waals surface area contributed by atoms with Crippen molar-refractivity contribution in [3.8, 4) is 11.5 Å². The Bertz CT molecular complexity index is 747. The van der Waals surface area contributed by atoms with Crippen molar-refractivity contribution in [3.63, 3.8) is 0 Å². The van der Waals surface area contributed by atoms with Crippen LogP contribution < -0.4 is 20.3 Å². The molecule has 0 heterocycles. The van der Waals surface area contributed by atoms with Crippen molar-refractivity contribution in [3.05, 3.63) is 58.6 Å². The highest BCUT2D eigenvalue weighted by Crippen LogP contribution is 2.16. The molecule has 0 saturated heterocycles. The molecule has 2 N–H and O–H groups in total. The number of aryl methyl sites for hydroxylation is 2. The largest absolute Gasteiger partial charge is 0.484 e. The van der Waals surface area contributed by atoms with Crippen molar-refractivity contribution in [1.29, 1.82) is 0 Å². The molecule has 7 heteroatoms. The van der Waals surface area contributed by atoms with Gasteiger partial charge in [0.25, 0.3) is 11.8 Å². The molecule has 0 radical (unpaired) electrons. The van der Waals surface area contributed by atoms with Crippen LogP contribution in [0.15, 0.2) is 42.5 Å². The van der Waals surface area contributed by atoms with Crippen molar-refractivity contribution < 1.29 is 19.1 Å². The van der Waals surface area contributed by atoms with Gasteiger partial charge in [0.1, 0.15) is 11.5 Å². The number of benzene rings is 2. The quantitative estimate of drug-likeness (QED) is 0.774. The standard InChI is InChI=1S/C18H19ClN2O4/c1-12-3-6-16(9-13(12)2)25-11-18(23)21-20-17(22)10-24-15-7-4-14(19)5-8-15/h3-9H,10-11H2,1-2H3,(H,20,22)(H,21,23). The third kappa shape index (κ3) is 6.35. The fourth-order valence-electron chi connectivity index (χ4n) is 1.84. The Hall–Kier alpha value is -2.73. The van der Waals surface area contributed by atoms with Gasteiger partial charge in [0, 0.05) is 5.02 Å². The SMILES string of the molecule is Cc1ccc(OCC(=O)NNC(=O)COc2ccc(Cl)cc2)cc1C. The summed E-state index contributed by atoms with van der Waals surface area (Å²) in [6.45, 7) is 3.51. The highest BCUT2D eigenvalue weighted by atomic mass is 35.5. The number of halogens is 1. The highest BCUT2D eigenvalue weighted by Gasteiger charge is 2.07. The lowest BCUT2D eigenvalue weighted by atomic mass is 10.1. The van der Waals surface area contributed by atoms with E-state index in [1.807, 2.05) is 26.0 Å². The molecule has 0 aromatic heterocycles. The van der Waals surface area contributed by atoms with Gasteiger partial charge in [-0.2, -0.15) is 0 Å². The van der Waals surface area contributed by atoms with Gasteiger partial charge in [-0.3, -0.25) is 20.4 Å². The molecule has 2 aromatic rings. The van der Waals surface area contributed by atoms with E-state index in [-0.39, 0.29) is 13.2 Å². The number of nitrogens with one attached hydrogen (secondary N) is 2. The van der Waals surface area contributed by atoms with Crippen LogP contribution in [0, 0.1) is 13.8 Å². The third-order valence-electron chi connectivity index (χ3n) is 3.37. The number of amides is 2. The average molecular weight is 363 g/mol. The summed E-state index contributed by atoms with van der Waals surface area (Å²) < 4.78 is 10.6. The summed E-state index contributed by atoms with van der Waals surface area (Å²) in [6, 6.07) is 12.1. The lowest BCUT2D eigenvalue weighted by molar-refractivity contribution is -0.131. The van der Waals surface area contributed by atoms with Crippen LogP contribution in [0.5, 0.6) is 11.5 Å². The average Bonchev–Trinajstić information content (AvgIpc) is 2.60. The van der Waals surface area contributed by atoms with Crippen molar-refractivity contribution in [2.24, 2.45) is 0 Å². The maximum Gasteiger partial charge on any atom is 0.276 e. The third-order valence-corrected chi connectivity index (χ3v) is 3.63. The lowest BCUT2D eigenvalue weighted by Gasteiger charge is -2.10. The molecule has 0 unspecified atom stereocenters. The smallest absolute Gasteiger partial charge is 0.276 e. The molecule has 0 bridgehead atoms. The summed E-state index contributed by atoms with van der Waals surface area (Å²) in [5, 5.41) is 0.577. The van der Waals surface area contributed by atoms with E-state index >= 15 is 0 Å². The second-order valence-electron chi connectivity index (χ2n) is 5.37. The first kappa shape index (κ1) is 18.6. The van der Waals surface area contributed by atoms with Crippen LogP contribution in [-0.4, -0.2) is 25.0 Å². The molecule has 2 aromatic carbocycles. The first-order valence-corrected chi connectivity index (χ1v) is 7.98. The first-order valence-electron chi connectivity index (χ1n) is 7.60. The molecule has 0 fully saturated rings. The molecule has 0 aliphatic carbocycles. The van der Waals surface area contributed by atoms with E-state index in [9.17, 15) is 9.59 Å². The van der Waals surface area contributed by atoms with Gasteiger partial charge < -0.3 is 9.47 Å². The molecular weight excluding hydrogens is 344 g/mol. The van der Waals surface area contributed by atoms with Gasteiger partial charge in [-0.1, -0.05) is 17.7 Å². The predicted molar refractivity (Wildman–Crippen MR) is 94.6 cm³/mol. The van der Waals surface area contributed by atoms with Gasteiger partial charge in [0.15, 0.2) is 13.2 Å². The van der Waals surface area contributed by atoms with Gasteiger partial charge in [0.05, 0.1) is 0 Å². The lowest BCUT2D eigenvalue weighted by Crippen LogP contribution is -2.45. The Balaban J connectivity index is 1.67. The molecule has 132 valence electrons.